The van der Waals surface area contributed by atoms with E-state index in [1.54, 1.807) is 4.90 Å². The van der Waals surface area contributed by atoms with Crippen LogP contribution in [0.3, 0.4) is 0 Å². The number of unbranched alkanes of at least 4 members (excludes halogenated alkanes) is 1. The summed E-state index contributed by atoms with van der Waals surface area (Å²) in [7, 11) is 0. The topological polar surface area (TPSA) is 55.8 Å². The van der Waals surface area contributed by atoms with Crippen LogP contribution in [0.2, 0.25) is 0 Å². The highest BCUT2D eigenvalue weighted by molar-refractivity contribution is 6.17. The maximum absolute atomic E-state index is 13.0. The second kappa shape index (κ2) is 10.1. The van der Waals surface area contributed by atoms with E-state index in [1.807, 2.05) is 60.7 Å². The molecule has 0 bridgehead atoms. The Labute approximate surface area is 170 Å². The fourth-order valence-corrected chi connectivity index (χ4v) is 3.53. The smallest absolute Gasteiger partial charge is 0.411 e. The fourth-order valence-electron chi connectivity index (χ4n) is 3.34. The van der Waals surface area contributed by atoms with Crippen LogP contribution in [0.25, 0.3) is 0 Å². The van der Waals surface area contributed by atoms with Crippen LogP contribution in [-0.4, -0.2) is 35.5 Å². The highest BCUT2D eigenvalue weighted by atomic mass is 35.5. The molecule has 1 amide bonds. The first-order valence-corrected chi connectivity index (χ1v) is 10.0. The summed E-state index contributed by atoms with van der Waals surface area (Å²) in [5, 5.41) is 0. The van der Waals surface area contributed by atoms with Gasteiger partial charge in [-0.2, -0.15) is 0 Å². The Bertz CT molecular complexity index is 769. The van der Waals surface area contributed by atoms with Gasteiger partial charge in [0.1, 0.15) is 19.3 Å². The van der Waals surface area contributed by atoms with Crippen molar-refractivity contribution in [2.45, 2.75) is 38.0 Å². The zero-order valence-corrected chi connectivity index (χ0v) is 16.4. The Kier molecular flexibility index (Phi) is 7.31. The summed E-state index contributed by atoms with van der Waals surface area (Å²) in [6.45, 7) is 0.274. The minimum Gasteiger partial charge on any atom is -0.462 e. The third-order valence-electron chi connectivity index (χ3n) is 4.79. The number of benzene rings is 2. The molecule has 148 valence electrons. The number of rotatable bonds is 7. The van der Waals surface area contributed by atoms with Crippen LogP contribution in [0.15, 0.2) is 60.7 Å². The Balaban J connectivity index is 1.80. The van der Waals surface area contributed by atoms with E-state index in [4.69, 9.17) is 21.1 Å². The van der Waals surface area contributed by atoms with Gasteiger partial charge in [-0.1, -0.05) is 60.7 Å². The number of carbonyl (C=O) groups excluding carboxylic acids is 2. The summed E-state index contributed by atoms with van der Waals surface area (Å²) in [5.41, 5.74) is 1.80. The van der Waals surface area contributed by atoms with Crippen molar-refractivity contribution < 1.29 is 19.1 Å². The van der Waals surface area contributed by atoms with E-state index in [-0.39, 0.29) is 19.3 Å². The van der Waals surface area contributed by atoms with Crippen molar-refractivity contribution in [2.24, 2.45) is 0 Å². The SMILES string of the molecule is O=C1OC[C@@H](c2ccccc2)N(C(=O)OCc2ccccc2)[C@@H]1CCCCCl. The van der Waals surface area contributed by atoms with Crippen molar-refractivity contribution in [3.05, 3.63) is 71.8 Å². The highest BCUT2D eigenvalue weighted by Crippen LogP contribution is 2.31. The summed E-state index contributed by atoms with van der Waals surface area (Å²) in [5.74, 6) is 0.126. The predicted molar refractivity (Wildman–Crippen MR) is 107 cm³/mol. The number of hydrogen-bond acceptors (Lipinski definition) is 4. The van der Waals surface area contributed by atoms with Crippen molar-refractivity contribution in [1.29, 1.82) is 0 Å². The lowest BCUT2D eigenvalue weighted by atomic mass is 9.99. The molecule has 6 heteroatoms. The number of alkyl halides is 1. The van der Waals surface area contributed by atoms with E-state index in [9.17, 15) is 9.59 Å². The number of nitrogens with zero attached hydrogens (tertiary/aromatic N) is 1. The number of amides is 1. The summed E-state index contributed by atoms with van der Waals surface area (Å²) in [4.78, 5) is 27.0. The first-order chi connectivity index (χ1) is 13.7. The minimum absolute atomic E-state index is 0.120. The molecule has 1 aliphatic heterocycles. The number of cyclic esters (lactones) is 1. The average molecular weight is 402 g/mol. The van der Waals surface area contributed by atoms with E-state index in [0.717, 1.165) is 24.0 Å². The van der Waals surface area contributed by atoms with Crippen molar-refractivity contribution >= 4 is 23.7 Å². The van der Waals surface area contributed by atoms with Crippen molar-refractivity contribution in [3.8, 4) is 0 Å². The van der Waals surface area contributed by atoms with Gasteiger partial charge < -0.3 is 9.47 Å². The molecule has 0 spiro atoms. The zero-order chi connectivity index (χ0) is 19.8. The van der Waals surface area contributed by atoms with Crippen LogP contribution in [0, 0.1) is 0 Å². The molecule has 0 unspecified atom stereocenters. The van der Waals surface area contributed by atoms with E-state index in [1.165, 1.54) is 0 Å². The lowest BCUT2D eigenvalue weighted by molar-refractivity contribution is -0.161. The van der Waals surface area contributed by atoms with Crippen LogP contribution >= 0.6 is 11.6 Å². The summed E-state index contributed by atoms with van der Waals surface area (Å²) in [6.07, 6.45) is 1.49. The first kappa shape index (κ1) is 20.2. The first-order valence-electron chi connectivity index (χ1n) is 9.47. The summed E-state index contributed by atoms with van der Waals surface area (Å²) < 4.78 is 11.0. The van der Waals surface area contributed by atoms with Crippen molar-refractivity contribution in [3.63, 3.8) is 0 Å². The molecule has 0 saturated carbocycles. The molecular weight excluding hydrogens is 378 g/mol. The molecule has 3 rings (SSSR count). The van der Waals surface area contributed by atoms with Gasteiger partial charge in [0.25, 0.3) is 0 Å². The predicted octanol–water partition coefficient (Wildman–Crippen LogP) is 4.70. The van der Waals surface area contributed by atoms with Gasteiger partial charge in [-0.15, -0.1) is 11.6 Å². The molecule has 1 aliphatic rings. The van der Waals surface area contributed by atoms with Gasteiger partial charge in [0.15, 0.2) is 0 Å². The number of halogens is 1. The highest BCUT2D eigenvalue weighted by Gasteiger charge is 2.42. The van der Waals surface area contributed by atoms with Crippen LogP contribution in [0.4, 0.5) is 4.79 Å². The number of hydrogen-bond donors (Lipinski definition) is 0. The molecule has 28 heavy (non-hydrogen) atoms. The maximum atomic E-state index is 13.0. The van der Waals surface area contributed by atoms with Crippen molar-refractivity contribution in [2.75, 3.05) is 12.5 Å². The molecule has 2 aromatic rings. The minimum atomic E-state index is -0.676. The molecule has 5 nitrogen and oxygen atoms in total. The van der Waals surface area contributed by atoms with E-state index in [0.29, 0.717) is 12.3 Å². The van der Waals surface area contributed by atoms with Gasteiger partial charge in [0.2, 0.25) is 0 Å². The standard InChI is InChI=1S/C22H24ClNO4/c23-14-8-7-13-19-21(25)27-16-20(18-11-5-2-6-12-18)24(19)22(26)28-15-17-9-3-1-4-10-17/h1-6,9-12,19-20H,7-8,13-16H2/t19-,20+/m1/s1. The summed E-state index contributed by atoms with van der Waals surface area (Å²) >= 11 is 5.78. The van der Waals surface area contributed by atoms with E-state index >= 15 is 0 Å². The number of carbonyl (C=O) groups is 2. The van der Waals surface area contributed by atoms with E-state index < -0.39 is 18.1 Å². The normalized spacial score (nSPS) is 19.2. The lowest BCUT2D eigenvalue weighted by Crippen LogP contribution is -2.53. The largest absolute Gasteiger partial charge is 0.462 e. The van der Waals surface area contributed by atoms with Gasteiger partial charge in [-0.05, 0) is 30.4 Å². The van der Waals surface area contributed by atoms with Crippen molar-refractivity contribution in [1.82, 2.24) is 4.90 Å². The van der Waals surface area contributed by atoms with Gasteiger partial charge in [0.05, 0.1) is 6.04 Å². The van der Waals surface area contributed by atoms with Crippen LogP contribution in [-0.2, 0) is 20.9 Å². The van der Waals surface area contributed by atoms with Crippen LogP contribution in [0.1, 0.15) is 36.4 Å². The lowest BCUT2D eigenvalue weighted by Gasteiger charge is -2.40. The Morgan fingerprint density at radius 2 is 1.75 bits per heavy atom. The number of esters is 1. The molecule has 0 aromatic heterocycles. The Hall–Kier alpha value is -2.53. The molecule has 2 atom stereocenters. The second-order valence-electron chi connectivity index (χ2n) is 6.70. The van der Waals surface area contributed by atoms with Crippen LogP contribution < -0.4 is 0 Å². The molecule has 1 fully saturated rings. The number of morpholine rings is 1. The number of ether oxygens (including phenoxy) is 2. The third kappa shape index (κ3) is 5.04. The van der Waals surface area contributed by atoms with E-state index in [2.05, 4.69) is 0 Å². The molecule has 0 radical (unpaired) electrons. The molecule has 0 aliphatic carbocycles. The van der Waals surface area contributed by atoms with Gasteiger partial charge in [-0.3, -0.25) is 4.90 Å². The molecular formula is C22H24ClNO4. The monoisotopic (exact) mass is 401 g/mol. The molecule has 0 N–H and O–H groups in total. The van der Waals surface area contributed by atoms with Crippen LogP contribution in [0.5, 0.6) is 0 Å². The Morgan fingerprint density at radius 1 is 1.07 bits per heavy atom. The Morgan fingerprint density at radius 3 is 2.43 bits per heavy atom. The van der Waals surface area contributed by atoms with Gasteiger partial charge in [-0.25, -0.2) is 9.59 Å². The van der Waals surface area contributed by atoms with Gasteiger partial charge >= 0.3 is 12.1 Å². The van der Waals surface area contributed by atoms with Gasteiger partial charge in [0, 0.05) is 5.88 Å². The quantitative estimate of drug-likeness (QED) is 0.383. The zero-order valence-electron chi connectivity index (χ0n) is 15.6. The molecule has 1 heterocycles. The molecule has 1 saturated heterocycles. The fraction of sp³-hybridized carbons (Fsp3) is 0.364. The summed E-state index contributed by atoms with van der Waals surface area (Å²) in [6, 6.07) is 18.0. The third-order valence-corrected chi connectivity index (χ3v) is 5.06. The second-order valence-corrected chi connectivity index (χ2v) is 7.08. The maximum Gasteiger partial charge on any atom is 0.411 e. The molecule has 2 aromatic carbocycles. The average Bonchev–Trinajstić information content (AvgIpc) is 2.74.